The summed E-state index contributed by atoms with van der Waals surface area (Å²) >= 11 is 17.6. The Labute approximate surface area is 124 Å². The first-order valence-corrected chi connectivity index (χ1v) is 7.33. The van der Waals surface area contributed by atoms with E-state index in [1.54, 1.807) is 11.7 Å². The van der Waals surface area contributed by atoms with Gasteiger partial charge in [-0.2, -0.15) is 5.10 Å². The van der Waals surface area contributed by atoms with Gasteiger partial charge in [-0.15, -0.1) is 24.4 Å². The number of thiol groups is 1. The highest BCUT2D eigenvalue weighted by Gasteiger charge is 2.19. The van der Waals surface area contributed by atoms with E-state index < -0.39 is 5.82 Å². The zero-order valence-electron chi connectivity index (χ0n) is 9.54. The minimum atomic E-state index is -0.467. The predicted octanol–water partition coefficient (Wildman–Crippen LogP) is 4.54. The van der Waals surface area contributed by atoms with Crippen LogP contribution in [0.3, 0.4) is 0 Å². The van der Waals surface area contributed by atoms with E-state index in [0.29, 0.717) is 21.2 Å². The molecule has 7 heteroatoms. The number of hydrogen-bond acceptors (Lipinski definition) is 3. The summed E-state index contributed by atoms with van der Waals surface area (Å²) in [6, 6.07) is 2.74. The van der Waals surface area contributed by atoms with Crippen molar-refractivity contribution in [1.29, 1.82) is 0 Å². The van der Waals surface area contributed by atoms with Gasteiger partial charge in [0.1, 0.15) is 21.6 Å². The van der Waals surface area contributed by atoms with Crippen LogP contribution in [-0.4, -0.2) is 16.0 Å². The fraction of sp³-hybridized carbons (Fsp3) is 0.182. The normalized spacial score (nSPS) is 11.0. The Bertz CT molecular complexity index is 614. The zero-order chi connectivity index (χ0) is 13.4. The van der Waals surface area contributed by atoms with Crippen LogP contribution < -0.4 is 0 Å². The third-order valence-electron chi connectivity index (χ3n) is 2.42. The van der Waals surface area contributed by atoms with Gasteiger partial charge in [0, 0.05) is 17.5 Å². The lowest BCUT2D eigenvalue weighted by atomic mass is 10.1. The van der Waals surface area contributed by atoms with Crippen LogP contribution >= 0.6 is 47.6 Å². The van der Waals surface area contributed by atoms with Gasteiger partial charge in [0.25, 0.3) is 0 Å². The molecule has 0 saturated carbocycles. The molecule has 1 heterocycles. The lowest BCUT2D eigenvalue weighted by molar-refractivity contribution is 0.628. The van der Waals surface area contributed by atoms with Gasteiger partial charge in [-0.05, 0) is 18.4 Å². The van der Waals surface area contributed by atoms with Crippen molar-refractivity contribution in [3.05, 3.63) is 28.0 Å². The average molecular weight is 323 g/mol. The Hall–Kier alpha value is -0.360. The molecule has 0 unspecified atom stereocenters. The topological polar surface area (TPSA) is 17.8 Å². The van der Waals surface area contributed by atoms with Crippen LogP contribution in [0, 0.1) is 5.82 Å². The molecule has 96 valence electrons. The molecule has 0 aliphatic heterocycles. The van der Waals surface area contributed by atoms with Crippen molar-refractivity contribution in [3.63, 3.8) is 0 Å². The summed E-state index contributed by atoms with van der Waals surface area (Å²) in [5, 5.41) is 5.70. The van der Waals surface area contributed by atoms with E-state index >= 15 is 0 Å². The second-order valence-electron chi connectivity index (χ2n) is 3.58. The van der Waals surface area contributed by atoms with E-state index in [1.807, 2.05) is 6.26 Å². The molecule has 1 aromatic heterocycles. The maximum Gasteiger partial charge on any atom is 0.134 e. The van der Waals surface area contributed by atoms with Crippen LogP contribution in [0.5, 0.6) is 0 Å². The van der Waals surface area contributed by atoms with E-state index in [9.17, 15) is 4.39 Å². The third kappa shape index (κ3) is 2.37. The molecule has 1 aromatic carbocycles. The fourth-order valence-electron chi connectivity index (χ4n) is 1.60. The second-order valence-corrected chi connectivity index (χ2v) is 5.64. The van der Waals surface area contributed by atoms with Crippen molar-refractivity contribution in [1.82, 2.24) is 9.78 Å². The van der Waals surface area contributed by atoms with Gasteiger partial charge in [0.2, 0.25) is 0 Å². The van der Waals surface area contributed by atoms with Crippen molar-refractivity contribution in [2.24, 2.45) is 7.05 Å². The minimum Gasteiger partial charge on any atom is -0.260 e. The fourth-order valence-corrected chi connectivity index (χ4v) is 3.01. The Kier molecular flexibility index (Phi) is 4.16. The number of rotatable bonds is 2. The summed E-state index contributed by atoms with van der Waals surface area (Å²) < 4.78 is 15.5. The van der Waals surface area contributed by atoms with Crippen LogP contribution in [0.4, 0.5) is 4.39 Å². The highest BCUT2D eigenvalue weighted by molar-refractivity contribution is 7.98. The van der Waals surface area contributed by atoms with Crippen molar-refractivity contribution in [2.45, 2.75) is 9.92 Å². The standard InChI is InChI=1S/C11H9Cl2FN2S2/c1-16-11(18-2)9(13)10(15-16)5-3-8(17)6(12)4-7(5)14/h3-4,17H,1-2H3. The minimum absolute atomic E-state index is 0.261. The summed E-state index contributed by atoms with van der Waals surface area (Å²) in [5.74, 6) is -0.467. The number of thioether (sulfide) groups is 1. The smallest absolute Gasteiger partial charge is 0.134 e. The maximum absolute atomic E-state index is 13.9. The molecule has 2 rings (SSSR count). The summed E-state index contributed by atoms with van der Waals surface area (Å²) in [6.45, 7) is 0. The Balaban J connectivity index is 2.66. The van der Waals surface area contributed by atoms with Crippen LogP contribution in [0.2, 0.25) is 10.0 Å². The molecule has 18 heavy (non-hydrogen) atoms. The summed E-state index contributed by atoms with van der Waals surface area (Å²) in [4.78, 5) is 0.487. The van der Waals surface area contributed by atoms with E-state index in [1.165, 1.54) is 23.9 Å². The van der Waals surface area contributed by atoms with Crippen LogP contribution in [-0.2, 0) is 7.05 Å². The summed E-state index contributed by atoms with van der Waals surface area (Å²) in [6.07, 6.45) is 1.88. The Morgan fingerprint density at radius 1 is 1.39 bits per heavy atom. The first kappa shape index (κ1) is 14.1. The predicted molar refractivity (Wildman–Crippen MR) is 77.7 cm³/mol. The largest absolute Gasteiger partial charge is 0.260 e. The van der Waals surface area contributed by atoms with Crippen LogP contribution in [0.25, 0.3) is 11.3 Å². The molecule has 0 fully saturated rings. The lowest BCUT2D eigenvalue weighted by Crippen LogP contribution is -1.92. The first-order chi connectivity index (χ1) is 8.45. The lowest BCUT2D eigenvalue weighted by Gasteiger charge is -2.03. The molecule has 2 aromatic rings. The molecule has 0 radical (unpaired) electrons. The molecule has 0 aliphatic carbocycles. The molecule has 0 bridgehead atoms. The summed E-state index contributed by atoms with van der Waals surface area (Å²) in [5.41, 5.74) is 0.693. The first-order valence-electron chi connectivity index (χ1n) is 4.90. The monoisotopic (exact) mass is 322 g/mol. The molecule has 0 aliphatic rings. The second kappa shape index (κ2) is 5.33. The molecule has 2 nitrogen and oxygen atoms in total. The molecule has 0 saturated heterocycles. The molecular weight excluding hydrogens is 314 g/mol. The SMILES string of the molecule is CSc1c(Cl)c(-c2cc(S)c(Cl)cc2F)nn1C. The van der Waals surface area contributed by atoms with Gasteiger partial charge in [-0.1, -0.05) is 23.2 Å². The van der Waals surface area contributed by atoms with Gasteiger partial charge >= 0.3 is 0 Å². The zero-order valence-corrected chi connectivity index (χ0v) is 12.8. The van der Waals surface area contributed by atoms with Crippen molar-refractivity contribution in [3.8, 4) is 11.3 Å². The Morgan fingerprint density at radius 3 is 2.61 bits per heavy atom. The number of hydrogen-bond donors (Lipinski definition) is 1. The van der Waals surface area contributed by atoms with Gasteiger partial charge in [-0.25, -0.2) is 4.39 Å². The van der Waals surface area contributed by atoms with E-state index in [0.717, 1.165) is 5.03 Å². The van der Waals surface area contributed by atoms with Gasteiger partial charge < -0.3 is 0 Å². The van der Waals surface area contributed by atoms with Gasteiger partial charge in [-0.3, -0.25) is 4.68 Å². The third-order valence-corrected chi connectivity index (χ3v) is 4.56. The van der Waals surface area contributed by atoms with Gasteiger partial charge in [0.15, 0.2) is 0 Å². The quantitative estimate of drug-likeness (QED) is 0.646. The number of aryl methyl sites for hydroxylation is 1. The van der Waals surface area contributed by atoms with E-state index in [4.69, 9.17) is 23.2 Å². The maximum atomic E-state index is 13.9. The number of benzene rings is 1. The molecule has 0 N–H and O–H groups in total. The molecule has 0 spiro atoms. The summed E-state index contributed by atoms with van der Waals surface area (Å²) in [7, 11) is 1.76. The number of aromatic nitrogens is 2. The van der Waals surface area contributed by atoms with Gasteiger partial charge in [0.05, 0.1) is 5.02 Å². The van der Waals surface area contributed by atoms with E-state index in [-0.39, 0.29) is 5.02 Å². The molecular formula is C11H9Cl2FN2S2. The number of nitrogens with zero attached hydrogens (tertiary/aromatic N) is 2. The number of halogens is 3. The Morgan fingerprint density at radius 2 is 2.06 bits per heavy atom. The van der Waals surface area contributed by atoms with Crippen molar-refractivity contribution < 1.29 is 4.39 Å². The average Bonchev–Trinajstić information content (AvgIpc) is 2.59. The molecule has 0 atom stereocenters. The highest BCUT2D eigenvalue weighted by Crippen LogP contribution is 2.37. The van der Waals surface area contributed by atoms with E-state index in [2.05, 4.69) is 17.7 Å². The van der Waals surface area contributed by atoms with Crippen molar-refractivity contribution in [2.75, 3.05) is 6.26 Å². The van der Waals surface area contributed by atoms with Crippen LogP contribution in [0.1, 0.15) is 0 Å². The van der Waals surface area contributed by atoms with Crippen molar-refractivity contribution >= 4 is 47.6 Å². The highest BCUT2D eigenvalue weighted by atomic mass is 35.5. The van der Waals surface area contributed by atoms with Crippen LogP contribution in [0.15, 0.2) is 22.1 Å². The molecule has 0 amide bonds.